The molecule has 0 aliphatic carbocycles. The van der Waals surface area contributed by atoms with Gasteiger partial charge in [0.2, 0.25) is 0 Å². The highest BCUT2D eigenvalue weighted by Crippen LogP contribution is 2.21. The number of nitrogens with two attached hydrogens (primary N) is 1. The summed E-state index contributed by atoms with van der Waals surface area (Å²) in [5, 5.41) is 0. The first-order valence-corrected chi connectivity index (χ1v) is 7.38. The van der Waals surface area contributed by atoms with E-state index < -0.39 is 0 Å². The Labute approximate surface area is 123 Å². The largest absolute Gasteiger partial charge is 0.320 e. The highest BCUT2D eigenvalue weighted by atomic mass is 127. The lowest BCUT2D eigenvalue weighted by molar-refractivity contribution is 0.865. The Hall–Kier alpha value is -0.870. The van der Waals surface area contributed by atoms with Crippen molar-refractivity contribution in [2.75, 3.05) is 0 Å². The van der Waals surface area contributed by atoms with Crippen LogP contribution in [0.15, 0.2) is 48.5 Å². The fraction of sp³-hybridized carbons (Fsp3) is 0.250. The monoisotopic (exact) mass is 351 g/mol. The molecule has 0 radical (unpaired) electrons. The second-order valence-electron chi connectivity index (χ2n) is 4.52. The molecule has 0 aromatic heterocycles. The van der Waals surface area contributed by atoms with E-state index in [1.54, 1.807) is 0 Å². The van der Waals surface area contributed by atoms with Crippen LogP contribution in [0.5, 0.6) is 0 Å². The minimum atomic E-state index is -0.0299. The summed E-state index contributed by atoms with van der Waals surface area (Å²) in [6.07, 6.45) is 2.32. The first kappa shape index (κ1) is 13.6. The van der Waals surface area contributed by atoms with Crippen molar-refractivity contribution in [2.24, 2.45) is 5.73 Å². The molecule has 0 bridgehead atoms. The molecule has 0 heterocycles. The first-order valence-electron chi connectivity index (χ1n) is 6.30. The quantitative estimate of drug-likeness (QED) is 0.817. The summed E-state index contributed by atoms with van der Waals surface area (Å²) in [5.41, 5.74) is 10.0. The predicted octanol–water partition coefficient (Wildman–Crippen LogP) is 4.29. The maximum atomic E-state index is 6.29. The molecule has 0 fully saturated rings. The fourth-order valence-corrected chi connectivity index (χ4v) is 2.40. The third-order valence-corrected chi connectivity index (χ3v) is 3.83. The van der Waals surface area contributed by atoms with E-state index in [0.717, 1.165) is 6.42 Å². The van der Waals surface area contributed by atoms with Crippen LogP contribution in [0.25, 0.3) is 0 Å². The van der Waals surface area contributed by atoms with E-state index in [2.05, 4.69) is 78.0 Å². The number of benzene rings is 2. The van der Waals surface area contributed by atoms with E-state index in [0.29, 0.717) is 0 Å². The van der Waals surface area contributed by atoms with Gasteiger partial charge in [-0.15, -0.1) is 0 Å². The molecular weight excluding hydrogens is 333 g/mol. The summed E-state index contributed by atoms with van der Waals surface area (Å²) in [5.74, 6) is 0. The molecule has 2 N–H and O–H groups in total. The van der Waals surface area contributed by atoms with Crippen LogP contribution in [0.4, 0.5) is 0 Å². The van der Waals surface area contributed by atoms with Gasteiger partial charge in [-0.2, -0.15) is 0 Å². The highest BCUT2D eigenvalue weighted by molar-refractivity contribution is 14.1. The van der Waals surface area contributed by atoms with Crippen LogP contribution in [-0.2, 0) is 6.42 Å². The zero-order valence-corrected chi connectivity index (χ0v) is 12.7. The third kappa shape index (κ3) is 3.33. The molecule has 0 saturated carbocycles. The Morgan fingerprint density at radius 3 is 1.94 bits per heavy atom. The molecule has 1 nitrogen and oxygen atoms in total. The Balaban J connectivity index is 2.17. The molecule has 0 amide bonds. The number of halogens is 1. The van der Waals surface area contributed by atoms with Gasteiger partial charge < -0.3 is 5.73 Å². The average molecular weight is 351 g/mol. The summed E-state index contributed by atoms with van der Waals surface area (Å²) in [7, 11) is 0. The van der Waals surface area contributed by atoms with Gasteiger partial charge in [0.15, 0.2) is 0 Å². The second kappa shape index (κ2) is 6.34. The Morgan fingerprint density at radius 1 is 0.944 bits per heavy atom. The molecule has 2 rings (SSSR count). The summed E-state index contributed by atoms with van der Waals surface area (Å²) in [6, 6.07) is 17.0. The molecule has 94 valence electrons. The second-order valence-corrected chi connectivity index (χ2v) is 5.77. The number of rotatable bonds is 4. The smallest absolute Gasteiger partial charge is 0.0551 e. The Morgan fingerprint density at radius 2 is 1.44 bits per heavy atom. The van der Waals surface area contributed by atoms with Crippen molar-refractivity contribution < 1.29 is 0 Å². The van der Waals surface area contributed by atoms with Crippen molar-refractivity contribution in [3.63, 3.8) is 0 Å². The molecule has 2 aromatic carbocycles. The lowest BCUT2D eigenvalue weighted by atomic mass is 9.98. The summed E-state index contributed by atoms with van der Waals surface area (Å²) in [6.45, 7) is 2.20. The van der Waals surface area contributed by atoms with Crippen LogP contribution in [0.2, 0.25) is 0 Å². The van der Waals surface area contributed by atoms with Crippen molar-refractivity contribution in [1.82, 2.24) is 0 Å². The highest BCUT2D eigenvalue weighted by Gasteiger charge is 2.08. The zero-order valence-electron chi connectivity index (χ0n) is 10.6. The normalized spacial score (nSPS) is 12.4. The molecular formula is C16H18IN. The standard InChI is InChI=1S/C16H18IN/c1-2-3-12-4-6-13(7-5-12)16(18)14-8-10-15(17)11-9-14/h4-11,16H,2-3,18H2,1H3. The van der Waals surface area contributed by atoms with Crippen LogP contribution in [0, 0.1) is 3.57 Å². The minimum absolute atomic E-state index is 0.0299. The predicted molar refractivity (Wildman–Crippen MR) is 85.6 cm³/mol. The molecule has 0 aliphatic rings. The first-order chi connectivity index (χ1) is 8.70. The number of aryl methyl sites for hydroxylation is 1. The molecule has 1 unspecified atom stereocenters. The number of hydrogen-bond acceptors (Lipinski definition) is 1. The van der Waals surface area contributed by atoms with Crippen molar-refractivity contribution in [1.29, 1.82) is 0 Å². The van der Waals surface area contributed by atoms with Crippen molar-refractivity contribution in [3.05, 3.63) is 68.8 Å². The lowest BCUT2D eigenvalue weighted by Crippen LogP contribution is -2.11. The Bertz CT molecular complexity index is 488. The van der Waals surface area contributed by atoms with E-state index in [4.69, 9.17) is 5.73 Å². The lowest BCUT2D eigenvalue weighted by Gasteiger charge is -2.13. The van der Waals surface area contributed by atoms with Crippen molar-refractivity contribution >= 4 is 22.6 Å². The minimum Gasteiger partial charge on any atom is -0.320 e. The zero-order chi connectivity index (χ0) is 13.0. The van der Waals surface area contributed by atoms with E-state index >= 15 is 0 Å². The molecule has 0 spiro atoms. The van der Waals surface area contributed by atoms with Crippen molar-refractivity contribution in [3.8, 4) is 0 Å². The molecule has 2 heteroatoms. The van der Waals surface area contributed by atoms with E-state index in [9.17, 15) is 0 Å². The van der Waals surface area contributed by atoms with Gasteiger partial charge in [-0.1, -0.05) is 49.7 Å². The summed E-state index contributed by atoms with van der Waals surface area (Å²) >= 11 is 2.31. The van der Waals surface area contributed by atoms with E-state index in [1.807, 2.05) is 0 Å². The topological polar surface area (TPSA) is 26.0 Å². The van der Waals surface area contributed by atoms with Gasteiger partial charge in [-0.05, 0) is 57.8 Å². The molecule has 0 aliphatic heterocycles. The fourth-order valence-electron chi connectivity index (χ4n) is 2.04. The van der Waals surface area contributed by atoms with Gasteiger partial charge in [0.05, 0.1) is 6.04 Å². The maximum absolute atomic E-state index is 6.29. The van der Waals surface area contributed by atoms with Gasteiger partial charge in [0.1, 0.15) is 0 Å². The maximum Gasteiger partial charge on any atom is 0.0551 e. The SMILES string of the molecule is CCCc1ccc(C(N)c2ccc(I)cc2)cc1. The molecule has 2 aromatic rings. The average Bonchev–Trinajstić information content (AvgIpc) is 2.40. The Kier molecular flexibility index (Phi) is 4.78. The van der Waals surface area contributed by atoms with Crippen LogP contribution in [-0.4, -0.2) is 0 Å². The molecule has 1 atom stereocenters. The molecule has 0 saturated heterocycles. The van der Waals surface area contributed by atoms with Gasteiger partial charge in [0.25, 0.3) is 0 Å². The van der Waals surface area contributed by atoms with E-state index in [1.165, 1.54) is 26.7 Å². The van der Waals surface area contributed by atoms with Crippen LogP contribution in [0.3, 0.4) is 0 Å². The van der Waals surface area contributed by atoms with Crippen LogP contribution in [0.1, 0.15) is 36.1 Å². The third-order valence-electron chi connectivity index (χ3n) is 3.11. The van der Waals surface area contributed by atoms with Crippen LogP contribution < -0.4 is 5.73 Å². The summed E-state index contributed by atoms with van der Waals surface area (Å²) in [4.78, 5) is 0. The van der Waals surface area contributed by atoms with Gasteiger partial charge >= 0.3 is 0 Å². The van der Waals surface area contributed by atoms with Crippen molar-refractivity contribution in [2.45, 2.75) is 25.8 Å². The van der Waals surface area contributed by atoms with Gasteiger partial charge in [-0.25, -0.2) is 0 Å². The van der Waals surface area contributed by atoms with Gasteiger partial charge in [0, 0.05) is 3.57 Å². The molecule has 18 heavy (non-hydrogen) atoms. The summed E-state index contributed by atoms with van der Waals surface area (Å²) < 4.78 is 1.24. The van der Waals surface area contributed by atoms with E-state index in [-0.39, 0.29) is 6.04 Å². The van der Waals surface area contributed by atoms with Crippen LogP contribution >= 0.6 is 22.6 Å². The number of hydrogen-bond donors (Lipinski definition) is 1. The van der Waals surface area contributed by atoms with Gasteiger partial charge in [-0.3, -0.25) is 0 Å².